The Hall–Kier alpha value is -0.860. The summed E-state index contributed by atoms with van der Waals surface area (Å²) in [5.41, 5.74) is 2.77. The third-order valence-corrected chi connectivity index (χ3v) is 2.77. The normalized spacial score (nSPS) is 12.7. The van der Waals surface area contributed by atoms with E-state index in [0.29, 0.717) is 6.04 Å². The smallest absolute Gasteiger partial charge is 0.0619 e. The van der Waals surface area contributed by atoms with Crippen LogP contribution in [0.5, 0.6) is 0 Å². The van der Waals surface area contributed by atoms with E-state index in [2.05, 4.69) is 43.4 Å². The average Bonchev–Trinajstić information content (AvgIpc) is 2.31. The molecule has 16 heavy (non-hydrogen) atoms. The summed E-state index contributed by atoms with van der Waals surface area (Å²) < 4.78 is 5.21. The molecule has 0 aliphatic carbocycles. The van der Waals surface area contributed by atoms with Gasteiger partial charge in [-0.25, -0.2) is 0 Å². The van der Waals surface area contributed by atoms with Crippen molar-refractivity contribution in [1.82, 2.24) is 5.32 Å². The van der Waals surface area contributed by atoms with Gasteiger partial charge in [-0.3, -0.25) is 0 Å². The Bertz CT molecular complexity index is 275. The van der Waals surface area contributed by atoms with Gasteiger partial charge in [0, 0.05) is 13.2 Å². The molecular weight excluding hydrogens is 198 g/mol. The Morgan fingerprint density at radius 3 is 2.25 bits per heavy atom. The van der Waals surface area contributed by atoms with Gasteiger partial charge in [0.05, 0.1) is 6.61 Å². The van der Waals surface area contributed by atoms with Crippen molar-refractivity contribution in [2.45, 2.75) is 32.7 Å². The minimum Gasteiger partial charge on any atom is -0.383 e. The second kappa shape index (κ2) is 7.42. The first-order valence-electron chi connectivity index (χ1n) is 6.10. The van der Waals surface area contributed by atoms with Crippen molar-refractivity contribution in [2.75, 3.05) is 20.3 Å². The van der Waals surface area contributed by atoms with E-state index >= 15 is 0 Å². The van der Waals surface area contributed by atoms with Gasteiger partial charge in [-0.05, 0) is 30.5 Å². The summed E-state index contributed by atoms with van der Waals surface area (Å²) in [6, 6.07) is 9.29. The first-order valence-corrected chi connectivity index (χ1v) is 6.10. The first-order chi connectivity index (χ1) is 7.80. The van der Waals surface area contributed by atoms with E-state index in [4.69, 9.17) is 4.74 Å². The predicted octanol–water partition coefficient (Wildman–Crippen LogP) is 2.42. The summed E-state index contributed by atoms with van der Waals surface area (Å²) in [4.78, 5) is 0. The zero-order valence-electron chi connectivity index (χ0n) is 10.6. The van der Waals surface area contributed by atoms with Gasteiger partial charge in [-0.2, -0.15) is 0 Å². The largest absolute Gasteiger partial charge is 0.383 e. The Balaban J connectivity index is 2.54. The number of methoxy groups -OCH3 is 1. The molecular formula is C14H23NO. The van der Waals surface area contributed by atoms with Crippen molar-refractivity contribution in [3.63, 3.8) is 0 Å². The Morgan fingerprint density at radius 1 is 1.12 bits per heavy atom. The Kier molecular flexibility index (Phi) is 6.12. The highest BCUT2D eigenvalue weighted by molar-refractivity contribution is 5.23. The zero-order valence-corrected chi connectivity index (χ0v) is 10.6. The van der Waals surface area contributed by atoms with Crippen LogP contribution in [-0.2, 0) is 17.6 Å². The van der Waals surface area contributed by atoms with Gasteiger partial charge in [0.1, 0.15) is 0 Å². The molecule has 2 heteroatoms. The maximum atomic E-state index is 5.21. The molecule has 1 N–H and O–H groups in total. The summed E-state index contributed by atoms with van der Waals surface area (Å²) in [7, 11) is 1.75. The molecule has 0 bridgehead atoms. The highest BCUT2D eigenvalue weighted by Crippen LogP contribution is 2.07. The highest BCUT2D eigenvalue weighted by atomic mass is 16.5. The zero-order chi connectivity index (χ0) is 11.8. The van der Waals surface area contributed by atoms with E-state index in [1.54, 1.807) is 7.11 Å². The van der Waals surface area contributed by atoms with E-state index in [1.165, 1.54) is 11.1 Å². The van der Waals surface area contributed by atoms with Crippen LogP contribution in [-0.4, -0.2) is 26.3 Å². The summed E-state index contributed by atoms with van der Waals surface area (Å²) in [5, 5.41) is 3.44. The summed E-state index contributed by atoms with van der Waals surface area (Å²) in [6.45, 7) is 6.06. The lowest BCUT2D eigenvalue weighted by Crippen LogP contribution is -2.34. The van der Waals surface area contributed by atoms with Crippen LogP contribution in [0.4, 0.5) is 0 Å². The van der Waals surface area contributed by atoms with Gasteiger partial charge in [0.15, 0.2) is 0 Å². The number of likely N-dealkylation sites (N-methyl/N-ethyl adjacent to an activating group) is 1. The van der Waals surface area contributed by atoms with Crippen LogP contribution in [0.25, 0.3) is 0 Å². The molecule has 0 heterocycles. The van der Waals surface area contributed by atoms with Crippen molar-refractivity contribution in [1.29, 1.82) is 0 Å². The molecule has 0 amide bonds. The maximum Gasteiger partial charge on any atom is 0.0619 e. The second-order valence-corrected chi connectivity index (χ2v) is 4.08. The van der Waals surface area contributed by atoms with Crippen molar-refractivity contribution in [3.05, 3.63) is 35.4 Å². The number of hydrogen-bond acceptors (Lipinski definition) is 2. The molecule has 0 spiro atoms. The molecule has 1 atom stereocenters. The van der Waals surface area contributed by atoms with Gasteiger partial charge in [0.25, 0.3) is 0 Å². The number of nitrogens with one attached hydrogen (secondary N) is 1. The van der Waals surface area contributed by atoms with Crippen LogP contribution in [0, 0.1) is 0 Å². The quantitative estimate of drug-likeness (QED) is 0.763. The molecule has 0 aliphatic rings. The van der Waals surface area contributed by atoms with E-state index in [1.807, 2.05) is 0 Å². The number of ether oxygens (including phenoxy) is 1. The van der Waals surface area contributed by atoms with Gasteiger partial charge in [-0.1, -0.05) is 38.1 Å². The van der Waals surface area contributed by atoms with Crippen LogP contribution in [0.3, 0.4) is 0 Å². The number of benzene rings is 1. The van der Waals surface area contributed by atoms with Gasteiger partial charge in [-0.15, -0.1) is 0 Å². The van der Waals surface area contributed by atoms with E-state index in [0.717, 1.165) is 26.0 Å². The standard InChI is InChI=1S/C14H23NO/c1-4-12-6-8-13(9-7-12)10-14(11-16-3)15-5-2/h6-9,14-15H,4-5,10-11H2,1-3H3. The minimum atomic E-state index is 0.419. The summed E-state index contributed by atoms with van der Waals surface area (Å²) in [5.74, 6) is 0. The lowest BCUT2D eigenvalue weighted by molar-refractivity contribution is 0.167. The molecule has 0 aliphatic heterocycles. The topological polar surface area (TPSA) is 21.3 Å². The third-order valence-electron chi connectivity index (χ3n) is 2.77. The average molecular weight is 221 g/mol. The molecule has 1 aromatic carbocycles. The monoisotopic (exact) mass is 221 g/mol. The van der Waals surface area contributed by atoms with Crippen LogP contribution in [0.15, 0.2) is 24.3 Å². The molecule has 1 rings (SSSR count). The predicted molar refractivity (Wildman–Crippen MR) is 68.9 cm³/mol. The van der Waals surface area contributed by atoms with Crippen molar-refractivity contribution < 1.29 is 4.74 Å². The third kappa shape index (κ3) is 4.33. The van der Waals surface area contributed by atoms with E-state index < -0.39 is 0 Å². The molecule has 90 valence electrons. The number of hydrogen-bond donors (Lipinski definition) is 1. The Morgan fingerprint density at radius 2 is 1.75 bits per heavy atom. The molecule has 1 aromatic rings. The fourth-order valence-corrected chi connectivity index (χ4v) is 1.88. The molecule has 0 saturated carbocycles. The van der Waals surface area contributed by atoms with Gasteiger partial charge in [0.2, 0.25) is 0 Å². The van der Waals surface area contributed by atoms with E-state index in [-0.39, 0.29) is 0 Å². The summed E-state index contributed by atoms with van der Waals surface area (Å²) >= 11 is 0. The Labute approximate surface area is 99.0 Å². The van der Waals surface area contributed by atoms with Crippen molar-refractivity contribution in [3.8, 4) is 0 Å². The number of rotatable bonds is 7. The SMILES string of the molecule is CCNC(COC)Cc1ccc(CC)cc1. The van der Waals surface area contributed by atoms with Gasteiger partial charge < -0.3 is 10.1 Å². The lowest BCUT2D eigenvalue weighted by Gasteiger charge is -2.17. The first kappa shape index (κ1) is 13.2. The van der Waals surface area contributed by atoms with Crippen molar-refractivity contribution >= 4 is 0 Å². The highest BCUT2D eigenvalue weighted by Gasteiger charge is 2.07. The molecule has 0 aromatic heterocycles. The van der Waals surface area contributed by atoms with Crippen LogP contribution >= 0.6 is 0 Å². The van der Waals surface area contributed by atoms with Crippen LogP contribution in [0.2, 0.25) is 0 Å². The van der Waals surface area contributed by atoms with Crippen molar-refractivity contribution in [2.24, 2.45) is 0 Å². The molecule has 1 unspecified atom stereocenters. The molecule has 0 radical (unpaired) electrons. The molecule has 0 saturated heterocycles. The van der Waals surface area contributed by atoms with E-state index in [9.17, 15) is 0 Å². The van der Waals surface area contributed by atoms with Crippen LogP contribution < -0.4 is 5.32 Å². The lowest BCUT2D eigenvalue weighted by atomic mass is 10.0. The fourth-order valence-electron chi connectivity index (χ4n) is 1.88. The fraction of sp³-hybridized carbons (Fsp3) is 0.571. The molecule has 0 fully saturated rings. The summed E-state index contributed by atoms with van der Waals surface area (Å²) in [6.07, 6.45) is 2.14. The van der Waals surface area contributed by atoms with Crippen LogP contribution in [0.1, 0.15) is 25.0 Å². The van der Waals surface area contributed by atoms with Gasteiger partial charge >= 0.3 is 0 Å². The number of aryl methyl sites for hydroxylation is 1. The second-order valence-electron chi connectivity index (χ2n) is 4.08. The maximum absolute atomic E-state index is 5.21. The molecule has 2 nitrogen and oxygen atoms in total. The minimum absolute atomic E-state index is 0.419.